The Balaban J connectivity index is 1.42. The van der Waals surface area contributed by atoms with Gasteiger partial charge in [0.15, 0.2) is 0 Å². The first-order valence-electron chi connectivity index (χ1n) is 11.1. The Labute approximate surface area is 190 Å². The molecule has 0 saturated carbocycles. The van der Waals surface area contributed by atoms with Crippen LogP contribution in [0.1, 0.15) is 30.9 Å². The Bertz CT molecular complexity index is 1160. The molecule has 2 atom stereocenters. The first-order valence-corrected chi connectivity index (χ1v) is 11.1. The van der Waals surface area contributed by atoms with Crippen LogP contribution in [0.4, 0.5) is 22.7 Å². The average molecular weight is 418 g/mol. The number of para-hydroxylation sites is 3. The Hall–Kier alpha value is -3.85. The minimum absolute atomic E-state index is 0.342. The molecule has 3 heteroatoms. The van der Waals surface area contributed by atoms with Crippen LogP contribution < -0.4 is 9.91 Å². The highest BCUT2D eigenvalue weighted by molar-refractivity contribution is 5.83. The summed E-state index contributed by atoms with van der Waals surface area (Å²) in [5.74, 6) is 0.469. The average Bonchev–Trinajstić information content (AvgIpc) is 3.10. The van der Waals surface area contributed by atoms with E-state index in [4.69, 9.17) is 5.10 Å². The van der Waals surface area contributed by atoms with E-state index in [-0.39, 0.29) is 0 Å². The van der Waals surface area contributed by atoms with Gasteiger partial charge in [0.25, 0.3) is 0 Å². The van der Waals surface area contributed by atoms with E-state index in [1.54, 1.807) is 0 Å². The number of rotatable bonds is 5. The standard InChI is InChI=1S/C29H27N3/c1-22-23(2)32(29-16-10-9-15-28(22)29)30-21-24-17-19-27(20-18-24)31(25-11-5-3-6-12-25)26-13-7-4-8-14-26/h3-23H,1-2H3/b30-21+. The van der Waals surface area contributed by atoms with Crippen molar-refractivity contribution in [2.45, 2.75) is 25.8 Å². The molecule has 0 N–H and O–H groups in total. The lowest BCUT2D eigenvalue weighted by molar-refractivity contribution is 0.607. The number of hydrazone groups is 1. The maximum atomic E-state index is 4.85. The van der Waals surface area contributed by atoms with Gasteiger partial charge >= 0.3 is 0 Å². The second kappa shape index (κ2) is 8.72. The minimum atomic E-state index is 0.342. The van der Waals surface area contributed by atoms with E-state index in [1.165, 1.54) is 11.3 Å². The third-order valence-corrected chi connectivity index (χ3v) is 6.29. The minimum Gasteiger partial charge on any atom is -0.311 e. The van der Waals surface area contributed by atoms with Gasteiger partial charge in [0.1, 0.15) is 0 Å². The van der Waals surface area contributed by atoms with Crippen LogP contribution in [-0.2, 0) is 0 Å². The fourth-order valence-corrected chi connectivity index (χ4v) is 4.38. The summed E-state index contributed by atoms with van der Waals surface area (Å²) in [5, 5.41) is 7.00. The summed E-state index contributed by atoms with van der Waals surface area (Å²) >= 11 is 0. The first-order chi connectivity index (χ1) is 15.7. The van der Waals surface area contributed by atoms with Gasteiger partial charge in [-0.25, -0.2) is 0 Å². The molecule has 1 heterocycles. The zero-order chi connectivity index (χ0) is 21.9. The molecular weight excluding hydrogens is 390 g/mol. The van der Waals surface area contributed by atoms with Crippen LogP contribution in [0.2, 0.25) is 0 Å². The second-order valence-corrected chi connectivity index (χ2v) is 8.28. The third kappa shape index (κ3) is 3.78. The highest BCUT2D eigenvalue weighted by atomic mass is 15.5. The van der Waals surface area contributed by atoms with Gasteiger partial charge in [0.2, 0.25) is 0 Å². The summed E-state index contributed by atoms with van der Waals surface area (Å²) in [6, 6.07) is 38.4. The molecule has 0 aliphatic carbocycles. The highest BCUT2D eigenvalue weighted by Gasteiger charge is 2.32. The second-order valence-electron chi connectivity index (χ2n) is 8.28. The number of nitrogens with zero attached hydrogens (tertiary/aromatic N) is 3. The molecular formula is C29H27N3. The molecule has 4 aromatic rings. The Morgan fingerprint density at radius 1 is 0.656 bits per heavy atom. The van der Waals surface area contributed by atoms with Gasteiger partial charge in [-0.2, -0.15) is 5.10 Å². The summed E-state index contributed by atoms with van der Waals surface area (Å²) in [6.07, 6.45) is 1.96. The van der Waals surface area contributed by atoms with Crippen molar-refractivity contribution in [2.75, 3.05) is 9.91 Å². The summed E-state index contributed by atoms with van der Waals surface area (Å²) in [5.41, 5.74) is 7.05. The molecule has 1 aliphatic rings. The van der Waals surface area contributed by atoms with Crippen molar-refractivity contribution < 1.29 is 0 Å². The van der Waals surface area contributed by atoms with Gasteiger partial charge in [0.05, 0.1) is 17.9 Å². The van der Waals surface area contributed by atoms with Crippen molar-refractivity contribution in [3.63, 3.8) is 0 Å². The fourth-order valence-electron chi connectivity index (χ4n) is 4.38. The van der Waals surface area contributed by atoms with Gasteiger partial charge in [-0.3, -0.25) is 5.01 Å². The molecule has 0 radical (unpaired) electrons. The van der Waals surface area contributed by atoms with Crippen LogP contribution in [0.25, 0.3) is 0 Å². The molecule has 0 amide bonds. The van der Waals surface area contributed by atoms with E-state index in [2.05, 4.69) is 121 Å². The summed E-state index contributed by atoms with van der Waals surface area (Å²) in [7, 11) is 0. The molecule has 2 unspecified atom stereocenters. The van der Waals surface area contributed by atoms with Crippen LogP contribution >= 0.6 is 0 Å². The van der Waals surface area contributed by atoms with Crippen molar-refractivity contribution >= 4 is 29.0 Å². The number of fused-ring (bicyclic) bond motifs is 1. The Kier molecular flexibility index (Phi) is 5.47. The third-order valence-electron chi connectivity index (χ3n) is 6.29. The fraction of sp³-hybridized carbons (Fsp3) is 0.138. The SMILES string of the molecule is CC1c2ccccc2N(/N=C/c2ccc(N(c3ccccc3)c3ccccc3)cc2)C1C. The normalized spacial score (nSPS) is 17.5. The molecule has 0 bridgehead atoms. The van der Waals surface area contributed by atoms with Gasteiger partial charge in [0, 0.05) is 23.0 Å². The summed E-state index contributed by atoms with van der Waals surface area (Å²) < 4.78 is 0. The topological polar surface area (TPSA) is 18.8 Å². The molecule has 5 rings (SSSR count). The van der Waals surface area contributed by atoms with Crippen molar-refractivity contribution in [3.8, 4) is 0 Å². The van der Waals surface area contributed by atoms with E-state index >= 15 is 0 Å². The van der Waals surface area contributed by atoms with Crippen molar-refractivity contribution in [1.29, 1.82) is 0 Å². The van der Waals surface area contributed by atoms with Crippen LogP contribution in [0.15, 0.2) is 114 Å². The molecule has 1 aliphatic heterocycles. The Morgan fingerprint density at radius 3 is 1.81 bits per heavy atom. The Morgan fingerprint density at radius 2 is 1.19 bits per heavy atom. The van der Waals surface area contributed by atoms with Crippen LogP contribution in [0, 0.1) is 0 Å². The van der Waals surface area contributed by atoms with E-state index in [0.29, 0.717) is 12.0 Å². The first kappa shape index (κ1) is 20.1. The van der Waals surface area contributed by atoms with Gasteiger partial charge in [-0.1, -0.05) is 73.7 Å². The number of benzene rings is 4. The molecule has 3 nitrogen and oxygen atoms in total. The van der Waals surface area contributed by atoms with Crippen molar-refractivity contribution in [3.05, 3.63) is 120 Å². The lowest BCUT2D eigenvalue weighted by Crippen LogP contribution is -2.25. The molecule has 0 fully saturated rings. The quantitative estimate of drug-likeness (QED) is 0.313. The van der Waals surface area contributed by atoms with E-state index in [0.717, 1.165) is 22.6 Å². The number of anilines is 4. The van der Waals surface area contributed by atoms with E-state index in [9.17, 15) is 0 Å². The molecule has 0 saturated heterocycles. The smallest absolute Gasteiger partial charge is 0.0632 e. The summed E-state index contributed by atoms with van der Waals surface area (Å²) in [4.78, 5) is 2.27. The van der Waals surface area contributed by atoms with Crippen molar-refractivity contribution in [2.24, 2.45) is 5.10 Å². The largest absolute Gasteiger partial charge is 0.311 e. The maximum Gasteiger partial charge on any atom is 0.0632 e. The molecule has 0 aromatic heterocycles. The number of hydrogen-bond acceptors (Lipinski definition) is 3. The number of hydrogen-bond donors (Lipinski definition) is 0. The van der Waals surface area contributed by atoms with Gasteiger partial charge in [-0.15, -0.1) is 0 Å². The molecule has 32 heavy (non-hydrogen) atoms. The van der Waals surface area contributed by atoms with Gasteiger partial charge in [-0.05, 0) is 60.5 Å². The lowest BCUT2D eigenvalue weighted by Gasteiger charge is -2.25. The van der Waals surface area contributed by atoms with Crippen LogP contribution in [0.3, 0.4) is 0 Å². The van der Waals surface area contributed by atoms with Crippen LogP contribution in [0.5, 0.6) is 0 Å². The highest BCUT2D eigenvalue weighted by Crippen LogP contribution is 2.40. The summed E-state index contributed by atoms with van der Waals surface area (Å²) in [6.45, 7) is 4.51. The van der Waals surface area contributed by atoms with Gasteiger partial charge < -0.3 is 4.90 Å². The van der Waals surface area contributed by atoms with E-state index in [1.807, 2.05) is 18.3 Å². The lowest BCUT2D eigenvalue weighted by atomic mass is 9.99. The van der Waals surface area contributed by atoms with E-state index < -0.39 is 0 Å². The maximum absolute atomic E-state index is 4.85. The van der Waals surface area contributed by atoms with Crippen LogP contribution in [-0.4, -0.2) is 12.3 Å². The monoisotopic (exact) mass is 417 g/mol. The van der Waals surface area contributed by atoms with Crippen molar-refractivity contribution in [1.82, 2.24) is 0 Å². The predicted molar refractivity (Wildman–Crippen MR) is 136 cm³/mol. The zero-order valence-corrected chi connectivity index (χ0v) is 18.5. The predicted octanol–water partition coefficient (Wildman–Crippen LogP) is 7.50. The molecule has 4 aromatic carbocycles. The zero-order valence-electron chi connectivity index (χ0n) is 18.5. The molecule has 158 valence electrons. The molecule has 0 spiro atoms.